The van der Waals surface area contributed by atoms with E-state index in [0.717, 1.165) is 20.6 Å². The van der Waals surface area contributed by atoms with Gasteiger partial charge in [-0.05, 0) is 44.7 Å². The molecule has 0 fully saturated rings. The summed E-state index contributed by atoms with van der Waals surface area (Å²) >= 11 is 4.96. The Morgan fingerprint density at radius 1 is 1.40 bits per heavy atom. The molecule has 20 heavy (non-hydrogen) atoms. The van der Waals surface area contributed by atoms with Gasteiger partial charge in [-0.15, -0.1) is 0 Å². The second-order valence-corrected chi connectivity index (χ2v) is 6.43. The normalized spacial score (nSPS) is 12.4. The van der Waals surface area contributed by atoms with Gasteiger partial charge in [0, 0.05) is 27.2 Å². The first kappa shape index (κ1) is 15.3. The molecule has 0 spiro atoms. The van der Waals surface area contributed by atoms with Gasteiger partial charge >= 0.3 is 0 Å². The number of nitrogens with one attached hydrogen (secondary N) is 2. The minimum Gasteiger partial charge on any atom is -0.313 e. The molecule has 0 saturated heterocycles. The van der Waals surface area contributed by atoms with Crippen LogP contribution < -0.4 is 10.9 Å². The lowest BCUT2D eigenvalue weighted by Gasteiger charge is -2.15. The van der Waals surface area contributed by atoms with Crippen molar-refractivity contribution in [3.63, 3.8) is 0 Å². The van der Waals surface area contributed by atoms with Gasteiger partial charge in [-0.25, -0.2) is 4.98 Å². The van der Waals surface area contributed by atoms with Gasteiger partial charge in [0.1, 0.15) is 0 Å². The van der Waals surface area contributed by atoms with Gasteiger partial charge in [-0.3, -0.25) is 4.79 Å². The van der Waals surface area contributed by atoms with Crippen molar-refractivity contribution >= 4 is 27.7 Å². The fraction of sp³-hybridized carbons (Fsp3) is 0.286. The maximum atomic E-state index is 11.5. The molecule has 6 heteroatoms. The number of aromatic amines is 1. The summed E-state index contributed by atoms with van der Waals surface area (Å²) in [6.45, 7) is 3.91. The van der Waals surface area contributed by atoms with E-state index in [4.69, 9.17) is 0 Å². The molecule has 0 aliphatic heterocycles. The smallest absolute Gasteiger partial charge is 0.251 e. The van der Waals surface area contributed by atoms with Gasteiger partial charge in [0.25, 0.3) is 5.56 Å². The van der Waals surface area contributed by atoms with E-state index in [0.29, 0.717) is 5.16 Å². The first-order chi connectivity index (χ1) is 9.49. The molecule has 2 rings (SSSR count). The highest BCUT2D eigenvalue weighted by Gasteiger charge is 2.12. The Labute approximate surface area is 130 Å². The summed E-state index contributed by atoms with van der Waals surface area (Å²) in [6.07, 6.45) is 0. The molecule has 1 heterocycles. The molecule has 1 unspecified atom stereocenters. The Morgan fingerprint density at radius 2 is 2.15 bits per heavy atom. The minimum absolute atomic E-state index is 0.125. The Morgan fingerprint density at radius 3 is 2.80 bits per heavy atom. The molecule has 106 valence electrons. The van der Waals surface area contributed by atoms with Crippen LogP contribution in [-0.4, -0.2) is 17.0 Å². The van der Waals surface area contributed by atoms with Crippen LogP contribution in [0.1, 0.15) is 24.2 Å². The average molecular weight is 354 g/mol. The molecule has 2 N–H and O–H groups in total. The third-order valence-corrected chi connectivity index (χ3v) is 4.40. The van der Waals surface area contributed by atoms with E-state index in [-0.39, 0.29) is 11.6 Å². The number of aryl methyl sites for hydroxylation is 1. The molecule has 1 atom stereocenters. The molecule has 0 radical (unpaired) electrons. The summed E-state index contributed by atoms with van der Waals surface area (Å²) in [5.41, 5.74) is 1.76. The van der Waals surface area contributed by atoms with Gasteiger partial charge in [0.15, 0.2) is 5.16 Å². The van der Waals surface area contributed by atoms with Gasteiger partial charge in [-0.1, -0.05) is 27.7 Å². The summed E-state index contributed by atoms with van der Waals surface area (Å²) < 4.78 is 1.03. The summed E-state index contributed by atoms with van der Waals surface area (Å²) in [6, 6.07) is 7.80. The van der Waals surface area contributed by atoms with E-state index < -0.39 is 0 Å². The number of H-pyrrole nitrogens is 1. The van der Waals surface area contributed by atoms with Gasteiger partial charge in [0.05, 0.1) is 0 Å². The number of aromatic nitrogens is 2. The highest BCUT2D eigenvalue weighted by molar-refractivity contribution is 9.10. The van der Waals surface area contributed by atoms with E-state index in [9.17, 15) is 4.79 Å². The average Bonchev–Trinajstić information content (AvgIpc) is 2.38. The van der Waals surface area contributed by atoms with Crippen LogP contribution in [0, 0.1) is 6.92 Å². The number of hydrogen-bond acceptors (Lipinski definition) is 4. The van der Waals surface area contributed by atoms with Crippen molar-refractivity contribution in [1.29, 1.82) is 0 Å². The largest absolute Gasteiger partial charge is 0.313 e. The maximum absolute atomic E-state index is 11.5. The van der Waals surface area contributed by atoms with Crippen LogP contribution in [0.3, 0.4) is 0 Å². The summed E-state index contributed by atoms with van der Waals surface area (Å²) in [4.78, 5) is 19.7. The molecule has 4 nitrogen and oxygen atoms in total. The number of halogens is 1. The first-order valence-electron chi connectivity index (χ1n) is 6.22. The maximum Gasteiger partial charge on any atom is 0.251 e. The third kappa shape index (κ3) is 3.71. The van der Waals surface area contributed by atoms with Crippen molar-refractivity contribution in [2.45, 2.75) is 29.9 Å². The van der Waals surface area contributed by atoms with Gasteiger partial charge < -0.3 is 10.3 Å². The topological polar surface area (TPSA) is 57.8 Å². The highest BCUT2D eigenvalue weighted by Crippen LogP contribution is 2.33. The molecule has 1 aromatic heterocycles. The summed E-state index contributed by atoms with van der Waals surface area (Å²) in [7, 11) is 1.92. The van der Waals surface area contributed by atoms with Crippen molar-refractivity contribution in [3.8, 4) is 0 Å². The molecular weight excluding hydrogens is 338 g/mol. The Balaban J connectivity index is 2.40. The molecular formula is C14H16BrN3OS. The second-order valence-electron chi connectivity index (χ2n) is 4.49. The van der Waals surface area contributed by atoms with Gasteiger partial charge in [0.2, 0.25) is 0 Å². The zero-order chi connectivity index (χ0) is 14.7. The zero-order valence-corrected chi connectivity index (χ0v) is 13.9. The van der Waals surface area contributed by atoms with E-state index in [1.54, 1.807) is 0 Å². The number of rotatable bonds is 4. The highest BCUT2D eigenvalue weighted by atomic mass is 79.9. The van der Waals surface area contributed by atoms with Crippen molar-refractivity contribution < 1.29 is 0 Å². The summed E-state index contributed by atoms with van der Waals surface area (Å²) in [5, 5.41) is 3.84. The molecule has 0 aliphatic carbocycles. The van der Waals surface area contributed by atoms with Crippen molar-refractivity contribution in [1.82, 2.24) is 15.3 Å². The fourth-order valence-corrected chi connectivity index (χ4v) is 3.23. The van der Waals surface area contributed by atoms with Crippen LogP contribution in [0.5, 0.6) is 0 Å². The summed E-state index contributed by atoms with van der Waals surface area (Å²) in [5.74, 6) is 0. The predicted octanol–water partition coefficient (Wildman–Crippen LogP) is 3.27. The number of hydrogen-bond donors (Lipinski definition) is 2. The van der Waals surface area contributed by atoms with Crippen LogP contribution in [-0.2, 0) is 0 Å². The lowest BCUT2D eigenvalue weighted by atomic mass is 10.1. The van der Waals surface area contributed by atoms with E-state index in [1.165, 1.54) is 17.8 Å². The van der Waals surface area contributed by atoms with Crippen molar-refractivity contribution in [3.05, 3.63) is 50.3 Å². The van der Waals surface area contributed by atoms with Crippen LogP contribution in [0.15, 0.2) is 43.6 Å². The molecule has 0 bridgehead atoms. The predicted molar refractivity (Wildman–Crippen MR) is 85.3 cm³/mol. The Kier molecular flexibility index (Phi) is 5.01. The minimum atomic E-state index is -0.125. The molecule has 2 aromatic rings. The van der Waals surface area contributed by atoms with Crippen molar-refractivity contribution in [2.24, 2.45) is 0 Å². The lowest BCUT2D eigenvalue weighted by molar-refractivity contribution is 0.640. The van der Waals surface area contributed by atoms with Crippen LogP contribution in [0.25, 0.3) is 0 Å². The molecule has 0 saturated carbocycles. The number of nitrogens with zero attached hydrogens (tertiary/aromatic N) is 1. The third-order valence-electron chi connectivity index (χ3n) is 2.93. The zero-order valence-electron chi connectivity index (χ0n) is 11.5. The molecule has 0 amide bonds. The number of benzene rings is 1. The van der Waals surface area contributed by atoms with E-state index in [1.807, 2.05) is 26.1 Å². The van der Waals surface area contributed by atoms with Crippen molar-refractivity contribution in [2.75, 3.05) is 7.05 Å². The SMILES string of the molecule is CNC(C)c1cc(Br)ccc1Sc1nc(C)cc(=O)[nH]1. The second kappa shape index (κ2) is 6.56. The van der Waals surface area contributed by atoms with Crippen LogP contribution >= 0.6 is 27.7 Å². The van der Waals surface area contributed by atoms with Crippen LogP contribution in [0.2, 0.25) is 0 Å². The Bertz CT molecular complexity index is 672. The first-order valence-corrected chi connectivity index (χ1v) is 7.83. The lowest BCUT2D eigenvalue weighted by Crippen LogP contribution is -2.13. The Hall–Kier alpha value is -1.11. The molecule has 0 aliphatic rings. The molecule has 1 aromatic carbocycles. The van der Waals surface area contributed by atoms with Crippen LogP contribution in [0.4, 0.5) is 0 Å². The van der Waals surface area contributed by atoms with E-state index >= 15 is 0 Å². The standard InChI is InChI=1S/C14H16BrN3OS/c1-8-6-13(19)18-14(17-8)20-12-5-4-10(15)7-11(12)9(2)16-3/h4-7,9,16H,1-3H3,(H,17,18,19). The fourth-order valence-electron chi connectivity index (χ4n) is 1.81. The van der Waals surface area contributed by atoms with E-state index in [2.05, 4.69) is 44.2 Å². The van der Waals surface area contributed by atoms with Gasteiger partial charge in [-0.2, -0.15) is 0 Å². The monoisotopic (exact) mass is 353 g/mol. The quantitative estimate of drug-likeness (QED) is 0.828.